The van der Waals surface area contributed by atoms with Gasteiger partial charge in [-0.05, 0) is 74.9 Å². The second-order valence-electron chi connectivity index (χ2n) is 7.06. The summed E-state index contributed by atoms with van der Waals surface area (Å²) >= 11 is 0. The molecule has 0 aromatic heterocycles. The van der Waals surface area contributed by atoms with Crippen molar-refractivity contribution in [2.75, 3.05) is 0 Å². The maximum atomic E-state index is 7.25. The van der Waals surface area contributed by atoms with Crippen LogP contribution in [0.4, 0.5) is 17.1 Å². The van der Waals surface area contributed by atoms with Crippen molar-refractivity contribution in [3.8, 4) is 0 Å². The summed E-state index contributed by atoms with van der Waals surface area (Å²) in [6.45, 7) is 32.3. The summed E-state index contributed by atoms with van der Waals surface area (Å²) in [4.78, 5) is 17.5. The Kier molecular flexibility index (Phi) is 16.1. The van der Waals surface area contributed by atoms with Crippen LogP contribution in [0, 0.1) is 66.2 Å². The summed E-state index contributed by atoms with van der Waals surface area (Å²) < 4.78 is 0. The zero-order valence-electron chi connectivity index (χ0n) is 19.7. The van der Waals surface area contributed by atoms with Gasteiger partial charge < -0.3 is 10.5 Å². The molecular formula is C27H27CoN4O-. The third kappa shape index (κ3) is 9.93. The summed E-state index contributed by atoms with van der Waals surface area (Å²) in [6, 6.07) is 17.7. The van der Waals surface area contributed by atoms with E-state index >= 15 is 0 Å². The number of rotatable bonds is 0. The van der Waals surface area contributed by atoms with Crippen molar-refractivity contribution in [1.29, 1.82) is 0 Å². The maximum Gasteiger partial charge on any atom is 0.193 e. The van der Waals surface area contributed by atoms with E-state index in [0.717, 1.165) is 50.4 Å². The van der Waals surface area contributed by atoms with Crippen LogP contribution >= 0.6 is 0 Å². The molecule has 0 amide bonds. The number of nitroso groups, excluding NO2 is 1. The Labute approximate surface area is 207 Å². The number of para-hydroxylation sites is 3. The van der Waals surface area contributed by atoms with Crippen LogP contribution < -0.4 is 0 Å². The van der Waals surface area contributed by atoms with E-state index < -0.39 is 0 Å². The van der Waals surface area contributed by atoms with Gasteiger partial charge in [-0.25, -0.2) is 14.5 Å². The topological polar surface area (TPSA) is 52.5 Å². The molecule has 171 valence electrons. The molecule has 0 aliphatic heterocycles. The molecule has 0 saturated carbocycles. The maximum absolute atomic E-state index is 7.25. The number of aryl methyl sites for hydroxylation is 6. The molecule has 0 spiro atoms. The SMILES string of the molecule is [C-]#[N+]c1c(C)cccc1C.[C-]#[N+]c1c(C)cccc1C.[C-]#[N+]c1c(C)cccc1C.[Co].[N-]=O. The standard InChI is InChI=1S/3C9H9N.Co.NO/c3*1-7-5-4-6-8(2)9(7)10-3;;1-2/h3*4-6H,1-2H3;;/q;;;;-1. The van der Waals surface area contributed by atoms with Gasteiger partial charge in [0.25, 0.3) is 0 Å². The molecule has 5 nitrogen and oxygen atoms in total. The predicted octanol–water partition coefficient (Wildman–Crippen LogP) is 8.88. The first kappa shape index (κ1) is 31.4. The Hall–Kier alpha value is -3.76. The van der Waals surface area contributed by atoms with Crippen LogP contribution in [0.1, 0.15) is 33.4 Å². The zero-order chi connectivity index (χ0) is 24.7. The summed E-state index contributed by atoms with van der Waals surface area (Å²) in [5.74, 6) is 0. The zero-order valence-corrected chi connectivity index (χ0v) is 20.8. The van der Waals surface area contributed by atoms with Gasteiger partial charge >= 0.3 is 0 Å². The quantitative estimate of drug-likeness (QED) is 0.295. The minimum atomic E-state index is 0. The van der Waals surface area contributed by atoms with Gasteiger partial charge in [0.2, 0.25) is 0 Å². The fraction of sp³-hybridized carbons (Fsp3) is 0.222. The van der Waals surface area contributed by atoms with Gasteiger partial charge in [-0.15, -0.1) is 0 Å². The van der Waals surface area contributed by atoms with Crippen molar-refractivity contribution in [2.24, 2.45) is 0 Å². The molecule has 33 heavy (non-hydrogen) atoms. The molecule has 0 N–H and O–H groups in total. The van der Waals surface area contributed by atoms with Crippen molar-refractivity contribution >= 4 is 17.1 Å². The fourth-order valence-electron chi connectivity index (χ4n) is 2.95. The predicted molar refractivity (Wildman–Crippen MR) is 133 cm³/mol. The first-order valence-electron chi connectivity index (χ1n) is 9.76. The van der Waals surface area contributed by atoms with Crippen molar-refractivity contribution in [2.45, 2.75) is 41.5 Å². The molecule has 0 bridgehead atoms. The van der Waals surface area contributed by atoms with Gasteiger partial charge in [0, 0.05) is 16.8 Å². The summed E-state index contributed by atoms with van der Waals surface area (Å²) in [6.07, 6.45) is 0. The summed E-state index contributed by atoms with van der Waals surface area (Å²) in [5, 5.41) is 0. The average molecular weight is 482 g/mol. The molecule has 0 aliphatic carbocycles. The number of hydrogen-bond acceptors (Lipinski definition) is 1. The van der Waals surface area contributed by atoms with E-state index in [4.69, 9.17) is 30.2 Å². The Morgan fingerprint density at radius 3 is 0.727 bits per heavy atom. The van der Waals surface area contributed by atoms with E-state index in [1.54, 1.807) is 0 Å². The van der Waals surface area contributed by atoms with Crippen LogP contribution in [0.5, 0.6) is 0 Å². The van der Waals surface area contributed by atoms with E-state index in [1.165, 1.54) is 0 Å². The van der Waals surface area contributed by atoms with E-state index in [1.807, 2.05) is 96.1 Å². The Bertz CT molecular complexity index is 961. The number of nitrogens with zero attached hydrogens (tertiary/aromatic N) is 4. The molecule has 6 heteroatoms. The van der Waals surface area contributed by atoms with Gasteiger partial charge in [-0.2, -0.15) is 0 Å². The molecule has 0 atom stereocenters. The van der Waals surface area contributed by atoms with Crippen LogP contribution in [0.3, 0.4) is 0 Å². The van der Waals surface area contributed by atoms with Crippen LogP contribution in [0.25, 0.3) is 20.1 Å². The summed E-state index contributed by atoms with van der Waals surface area (Å²) in [5.41, 5.74) is 14.5. The molecule has 0 heterocycles. The summed E-state index contributed by atoms with van der Waals surface area (Å²) in [7, 11) is 0. The Morgan fingerprint density at radius 2 is 0.636 bits per heavy atom. The van der Waals surface area contributed by atoms with Crippen LogP contribution in [0.2, 0.25) is 0 Å². The molecule has 0 aliphatic rings. The third-order valence-electron chi connectivity index (χ3n) is 4.65. The second-order valence-corrected chi connectivity index (χ2v) is 7.06. The first-order valence-corrected chi connectivity index (χ1v) is 9.76. The van der Waals surface area contributed by atoms with Gasteiger partial charge in [0.15, 0.2) is 17.1 Å². The number of hydrogen-bond donors (Lipinski definition) is 0. The molecular weight excluding hydrogens is 455 g/mol. The Balaban J connectivity index is 0. The van der Waals surface area contributed by atoms with Crippen molar-refractivity contribution in [1.82, 2.24) is 0 Å². The monoisotopic (exact) mass is 482 g/mol. The first-order chi connectivity index (χ1) is 15.3. The normalized spacial score (nSPS) is 8.21. The van der Waals surface area contributed by atoms with E-state index in [0.29, 0.717) is 0 Å². The molecule has 0 fully saturated rings. The van der Waals surface area contributed by atoms with Crippen LogP contribution in [-0.2, 0) is 16.8 Å². The third-order valence-corrected chi connectivity index (χ3v) is 4.65. The molecule has 0 unspecified atom stereocenters. The van der Waals surface area contributed by atoms with Crippen LogP contribution in [0.15, 0.2) is 54.6 Å². The van der Waals surface area contributed by atoms with E-state index in [9.17, 15) is 0 Å². The second kappa shape index (κ2) is 16.9. The van der Waals surface area contributed by atoms with Gasteiger partial charge in [0.1, 0.15) is 0 Å². The largest absolute Gasteiger partial charge is 0.577 e. The molecule has 3 aromatic carbocycles. The molecule has 1 radical (unpaired) electrons. The average Bonchev–Trinajstić information content (AvgIpc) is 2.77. The molecule has 3 aromatic rings. The fourth-order valence-corrected chi connectivity index (χ4v) is 2.95. The van der Waals surface area contributed by atoms with Gasteiger partial charge in [-0.3, -0.25) is 0 Å². The number of benzene rings is 3. The van der Waals surface area contributed by atoms with Crippen molar-refractivity contribution < 1.29 is 16.8 Å². The van der Waals surface area contributed by atoms with Gasteiger partial charge in [-0.1, -0.05) is 54.6 Å². The minimum absolute atomic E-state index is 0. The minimum Gasteiger partial charge on any atom is -0.577 e. The van der Waals surface area contributed by atoms with Crippen molar-refractivity contribution in [3.05, 3.63) is 133 Å². The van der Waals surface area contributed by atoms with Crippen molar-refractivity contribution in [3.63, 3.8) is 0 Å². The van der Waals surface area contributed by atoms with Gasteiger partial charge in [0.05, 0.1) is 19.7 Å². The van der Waals surface area contributed by atoms with Crippen LogP contribution in [-0.4, -0.2) is 0 Å². The molecule has 3 rings (SSSR count). The van der Waals surface area contributed by atoms with E-state index in [2.05, 4.69) is 14.5 Å². The Morgan fingerprint density at radius 1 is 0.485 bits per heavy atom. The van der Waals surface area contributed by atoms with E-state index in [-0.39, 0.29) is 16.8 Å². The smallest absolute Gasteiger partial charge is 0.193 e. The molecule has 0 saturated heterocycles.